The lowest BCUT2D eigenvalue weighted by Crippen LogP contribution is -2.24. The minimum atomic E-state index is -2.44. The van der Waals surface area contributed by atoms with Gasteiger partial charge in [0.05, 0.1) is 0 Å². The molecule has 6 rings (SSSR count). The van der Waals surface area contributed by atoms with Crippen LogP contribution in [0.25, 0.3) is 22.3 Å². The van der Waals surface area contributed by atoms with Crippen LogP contribution in [0.1, 0.15) is 23.3 Å². The Kier molecular flexibility index (Phi) is 10.1. The highest BCUT2D eigenvalue weighted by atomic mass is 31.1. The number of carbonyl (C=O) groups excluding carboxylic acids is 1. The molecule has 6 aromatic rings. The van der Waals surface area contributed by atoms with Crippen LogP contribution >= 0.6 is 16.1 Å². The number of benzene rings is 6. The second-order valence-corrected chi connectivity index (χ2v) is 13.0. The molecule has 0 amide bonds. The topological polar surface area (TPSA) is 69.7 Å². The van der Waals surface area contributed by atoms with E-state index in [4.69, 9.17) is 9.05 Å². The molecule has 0 heterocycles. The van der Waals surface area contributed by atoms with Gasteiger partial charge in [0, 0.05) is 0 Å². The summed E-state index contributed by atoms with van der Waals surface area (Å²) in [6, 6.07) is 52.0. The summed E-state index contributed by atoms with van der Waals surface area (Å²) in [7, 11) is -4.87. The second kappa shape index (κ2) is 14.9. The summed E-state index contributed by atoms with van der Waals surface area (Å²) in [6.07, 6.45) is -2.49. The summed E-state index contributed by atoms with van der Waals surface area (Å²) >= 11 is 0. The molecule has 224 valence electrons. The third kappa shape index (κ3) is 7.49. The number of carbonyl (C=O) groups is 1. The average Bonchev–Trinajstić information content (AvgIpc) is 3.14. The Labute approximate surface area is 270 Å². The summed E-state index contributed by atoms with van der Waals surface area (Å²) in [5.41, 5.74) is 5.05. The van der Waals surface area contributed by atoms with Gasteiger partial charge in [0.25, 0.3) is 0 Å². The monoisotopic (exact) mass is 640 g/mol. The molecule has 7 heteroatoms. The molecule has 6 aromatic carbocycles. The van der Waals surface area contributed by atoms with E-state index in [1.54, 1.807) is 72.8 Å². The average molecular weight is 641 g/mol. The Morgan fingerprint density at radius 3 is 1.00 bits per heavy atom. The van der Waals surface area contributed by atoms with E-state index in [0.717, 1.165) is 22.3 Å². The van der Waals surface area contributed by atoms with Crippen LogP contribution in [0.5, 0.6) is 0 Å². The normalized spacial score (nSPS) is 13.0. The Bertz CT molecular complexity index is 1770. The molecule has 0 saturated carbocycles. The molecule has 4 unspecified atom stereocenters. The predicted octanol–water partition coefficient (Wildman–Crippen LogP) is 9.54. The maximum absolute atomic E-state index is 14.3. The number of hydrogen-bond donors (Lipinski definition) is 0. The van der Waals surface area contributed by atoms with Crippen molar-refractivity contribution < 1.29 is 23.0 Å². The number of ketones is 1. The Hall–Kier alpha value is -4.89. The Morgan fingerprint density at radius 1 is 0.391 bits per heavy atom. The molecule has 0 aliphatic rings. The quantitative estimate of drug-likeness (QED) is 0.125. The standard InChI is InChI=1S/C39H30O5P2/c40-37(38(33-17-9-3-10-18-33)43-45(41)35-25-21-31(22-26-35)29-13-5-1-6-14-29)39(34-19-11-4-12-20-34)44-46(42)36-27-23-32(24-28-36)30-15-7-2-8-16-30/h1-28,38-39H/q+2. The summed E-state index contributed by atoms with van der Waals surface area (Å²) in [6.45, 7) is 0. The van der Waals surface area contributed by atoms with Gasteiger partial charge in [-0.05, 0) is 91.0 Å². The van der Waals surface area contributed by atoms with E-state index in [9.17, 15) is 13.9 Å². The van der Waals surface area contributed by atoms with Gasteiger partial charge in [0.15, 0.2) is 12.2 Å². The third-order valence-electron chi connectivity index (χ3n) is 7.49. The fourth-order valence-electron chi connectivity index (χ4n) is 5.07. The van der Waals surface area contributed by atoms with E-state index in [0.29, 0.717) is 21.7 Å². The Morgan fingerprint density at radius 2 is 0.674 bits per heavy atom. The van der Waals surface area contributed by atoms with Crippen LogP contribution in [0.2, 0.25) is 0 Å². The van der Waals surface area contributed by atoms with Gasteiger partial charge in [0.2, 0.25) is 16.4 Å². The van der Waals surface area contributed by atoms with Gasteiger partial charge < -0.3 is 0 Å². The first kappa shape index (κ1) is 31.1. The van der Waals surface area contributed by atoms with E-state index >= 15 is 0 Å². The second-order valence-electron chi connectivity index (χ2n) is 10.5. The molecule has 0 N–H and O–H groups in total. The van der Waals surface area contributed by atoms with Crippen molar-refractivity contribution in [1.29, 1.82) is 0 Å². The van der Waals surface area contributed by atoms with Crippen molar-refractivity contribution in [2.45, 2.75) is 12.2 Å². The number of hydrogen-bond acceptors (Lipinski definition) is 5. The third-order valence-corrected chi connectivity index (χ3v) is 9.74. The molecule has 0 spiro atoms. The number of Topliss-reactive ketones (excluding diaryl/α,β-unsaturated/α-hetero) is 1. The fourth-order valence-corrected chi connectivity index (χ4v) is 6.94. The van der Waals surface area contributed by atoms with Crippen LogP contribution < -0.4 is 10.6 Å². The zero-order chi connectivity index (χ0) is 31.7. The smallest absolute Gasteiger partial charge is 0.293 e. The molecule has 0 fully saturated rings. The lowest BCUT2D eigenvalue weighted by molar-refractivity contribution is -0.133. The van der Waals surface area contributed by atoms with Crippen molar-refractivity contribution in [3.8, 4) is 22.3 Å². The van der Waals surface area contributed by atoms with Crippen LogP contribution in [-0.2, 0) is 23.0 Å². The molecule has 0 bridgehead atoms. The molecule has 4 atom stereocenters. The molecular weight excluding hydrogens is 610 g/mol. The first-order valence-electron chi connectivity index (χ1n) is 14.8. The van der Waals surface area contributed by atoms with Crippen LogP contribution in [0, 0.1) is 0 Å². The maximum Gasteiger partial charge on any atom is 0.549 e. The zero-order valence-electron chi connectivity index (χ0n) is 24.8. The van der Waals surface area contributed by atoms with E-state index < -0.39 is 34.0 Å². The van der Waals surface area contributed by atoms with Gasteiger partial charge in [-0.1, -0.05) is 121 Å². The molecule has 0 aromatic heterocycles. The van der Waals surface area contributed by atoms with E-state index in [2.05, 4.69) is 0 Å². The van der Waals surface area contributed by atoms with Crippen LogP contribution in [-0.4, -0.2) is 5.78 Å². The first-order chi connectivity index (χ1) is 22.6. The van der Waals surface area contributed by atoms with E-state index in [1.807, 2.05) is 97.1 Å². The lowest BCUT2D eigenvalue weighted by atomic mass is 9.97. The SMILES string of the molecule is O=C(C(O[P+](=O)c1ccc(-c2ccccc2)cc1)c1ccccc1)C(O[P+](=O)c1ccc(-c2ccccc2)cc1)c1ccccc1. The Balaban J connectivity index is 1.27. The summed E-state index contributed by atoms with van der Waals surface area (Å²) < 4.78 is 39.4. The molecule has 0 aliphatic heterocycles. The zero-order valence-corrected chi connectivity index (χ0v) is 26.5. The summed E-state index contributed by atoms with van der Waals surface area (Å²) in [4.78, 5) is 14.3. The highest BCUT2D eigenvalue weighted by Crippen LogP contribution is 2.40. The van der Waals surface area contributed by atoms with E-state index in [1.165, 1.54) is 0 Å². The highest BCUT2D eigenvalue weighted by Gasteiger charge is 2.42. The van der Waals surface area contributed by atoms with Crippen molar-refractivity contribution in [1.82, 2.24) is 0 Å². The first-order valence-corrected chi connectivity index (χ1v) is 17.1. The maximum atomic E-state index is 14.3. The van der Waals surface area contributed by atoms with Gasteiger partial charge in [-0.25, -0.2) is 0 Å². The molecule has 5 nitrogen and oxygen atoms in total. The predicted molar refractivity (Wildman–Crippen MR) is 184 cm³/mol. The van der Waals surface area contributed by atoms with Gasteiger partial charge in [0.1, 0.15) is 0 Å². The van der Waals surface area contributed by atoms with Crippen molar-refractivity contribution in [2.75, 3.05) is 0 Å². The van der Waals surface area contributed by atoms with Crippen molar-refractivity contribution >= 4 is 32.4 Å². The van der Waals surface area contributed by atoms with Gasteiger partial charge in [-0.3, -0.25) is 4.79 Å². The van der Waals surface area contributed by atoms with Crippen LogP contribution in [0.3, 0.4) is 0 Å². The highest BCUT2D eigenvalue weighted by molar-refractivity contribution is 7.48. The molecule has 0 aliphatic carbocycles. The van der Waals surface area contributed by atoms with Crippen molar-refractivity contribution in [3.63, 3.8) is 0 Å². The number of rotatable bonds is 12. The van der Waals surface area contributed by atoms with Crippen LogP contribution in [0.4, 0.5) is 0 Å². The lowest BCUT2D eigenvalue weighted by Gasteiger charge is -2.16. The largest absolute Gasteiger partial charge is 0.549 e. The molecular formula is C39H30O5P2+2. The summed E-state index contributed by atoms with van der Waals surface area (Å²) in [5.74, 6) is -0.508. The summed E-state index contributed by atoms with van der Waals surface area (Å²) in [5, 5.41) is 0.898. The van der Waals surface area contributed by atoms with Crippen molar-refractivity contribution in [2.24, 2.45) is 0 Å². The minimum absolute atomic E-state index is 0.449. The molecule has 0 radical (unpaired) electrons. The van der Waals surface area contributed by atoms with E-state index in [-0.39, 0.29) is 0 Å². The molecule has 0 saturated heterocycles. The van der Waals surface area contributed by atoms with Crippen LogP contribution in [0.15, 0.2) is 170 Å². The molecule has 46 heavy (non-hydrogen) atoms. The minimum Gasteiger partial charge on any atom is -0.293 e. The fraction of sp³-hybridized carbons (Fsp3) is 0.0513. The van der Waals surface area contributed by atoms with Gasteiger partial charge in [-0.15, -0.1) is 9.05 Å². The van der Waals surface area contributed by atoms with Crippen molar-refractivity contribution in [3.05, 3.63) is 181 Å². The van der Waals surface area contributed by atoms with Gasteiger partial charge >= 0.3 is 16.1 Å². The van der Waals surface area contributed by atoms with Gasteiger partial charge in [-0.2, -0.15) is 0 Å².